The first-order valence-electron chi connectivity index (χ1n) is 8.11. The zero-order valence-corrected chi connectivity index (χ0v) is 15.1. The van der Waals surface area contributed by atoms with Gasteiger partial charge >= 0.3 is 0 Å². The molecule has 0 atom stereocenters. The maximum absolute atomic E-state index is 12.3. The molecule has 0 saturated heterocycles. The quantitative estimate of drug-likeness (QED) is 0.798. The molecule has 0 aliphatic heterocycles. The highest BCUT2D eigenvalue weighted by Gasteiger charge is 2.12. The van der Waals surface area contributed by atoms with Gasteiger partial charge in [0.25, 0.3) is 5.91 Å². The first kappa shape index (κ1) is 19.0. The molecule has 0 heterocycles. The van der Waals surface area contributed by atoms with E-state index in [2.05, 4.69) is 10.6 Å². The topological polar surface area (TPSA) is 61.4 Å². The van der Waals surface area contributed by atoms with Gasteiger partial charge in [-0.05, 0) is 42.4 Å². The lowest BCUT2D eigenvalue weighted by Gasteiger charge is -2.20. The number of halogens is 1. The summed E-state index contributed by atoms with van der Waals surface area (Å²) >= 11 is 6.18. The van der Waals surface area contributed by atoms with E-state index >= 15 is 0 Å². The number of amides is 2. The van der Waals surface area contributed by atoms with Crippen LogP contribution in [0.3, 0.4) is 0 Å². The Balaban J connectivity index is 1.93. The number of benzene rings is 2. The number of carbonyl (C=O) groups excluding carboxylic acids is 2. The van der Waals surface area contributed by atoms with E-state index in [1.165, 1.54) is 0 Å². The van der Waals surface area contributed by atoms with Gasteiger partial charge in [0, 0.05) is 29.9 Å². The highest BCUT2D eigenvalue weighted by Crippen LogP contribution is 2.17. The van der Waals surface area contributed by atoms with Crippen molar-refractivity contribution in [1.82, 2.24) is 10.2 Å². The molecule has 0 saturated carbocycles. The van der Waals surface area contributed by atoms with Crippen LogP contribution < -0.4 is 10.6 Å². The molecule has 0 unspecified atom stereocenters. The second-order valence-electron chi connectivity index (χ2n) is 5.60. The van der Waals surface area contributed by atoms with E-state index in [9.17, 15) is 9.59 Å². The van der Waals surface area contributed by atoms with Gasteiger partial charge in [-0.2, -0.15) is 0 Å². The zero-order valence-electron chi connectivity index (χ0n) is 14.4. The van der Waals surface area contributed by atoms with Crippen molar-refractivity contribution in [3.8, 4) is 0 Å². The van der Waals surface area contributed by atoms with E-state index in [1.807, 2.05) is 36.1 Å². The zero-order chi connectivity index (χ0) is 18.2. The number of hydrogen-bond donors (Lipinski definition) is 2. The number of nitrogens with one attached hydrogen (secondary N) is 2. The fourth-order valence-corrected chi connectivity index (χ4v) is 2.60. The van der Waals surface area contributed by atoms with E-state index in [0.29, 0.717) is 22.8 Å². The van der Waals surface area contributed by atoms with E-state index in [0.717, 1.165) is 12.1 Å². The standard InChI is InChI=1S/C19H22ClN3O2/c1-3-23(12-15-6-4-5-7-17(15)20)13-18(24)22-16-10-8-14(9-11-16)19(25)21-2/h4-11H,3,12-13H2,1-2H3,(H,21,25)(H,22,24). The highest BCUT2D eigenvalue weighted by atomic mass is 35.5. The minimum atomic E-state index is -0.158. The summed E-state index contributed by atoms with van der Waals surface area (Å²) in [6, 6.07) is 14.4. The molecule has 2 amide bonds. The second kappa shape index (κ2) is 9.20. The fourth-order valence-electron chi connectivity index (χ4n) is 2.40. The monoisotopic (exact) mass is 359 g/mol. The molecule has 6 heteroatoms. The summed E-state index contributed by atoms with van der Waals surface area (Å²) in [6.45, 7) is 3.61. The average molecular weight is 360 g/mol. The molecular weight excluding hydrogens is 338 g/mol. The molecule has 0 aromatic heterocycles. The molecule has 0 radical (unpaired) electrons. The van der Waals surface area contributed by atoms with Gasteiger partial charge in [-0.25, -0.2) is 0 Å². The van der Waals surface area contributed by atoms with Crippen LogP contribution in [0.1, 0.15) is 22.8 Å². The van der Waals surface area contributed by atoms with Crippen molar-refractivity contribution in [2.45, 2.75) is 13.5 Å². The molecule has 0 aliphatic rings. The van der Waals surface area contributed by atoms with Crippen molar-refractivity contribution in [3.63, 3.8) is 0 Å². The second-order valence-corrected chi connectivity index (χ2v) is 6.01. The van der Waals surface area contributed by atoms with Gasteiger partial charge in [-0.1, -0.05) is 36.7 Å². The van der Waals surface area contributed by atoms with Crippen LogP contribution in [0.2, 0.25) is 5.02 Å². The largest absolute Gasteiger partial charge is 0.355 e. The van der Waals surface area contributed by atoms with Crippen LogP contribution in [0.4, 0.5) is 5.69 Å². The summed E-state index contributed by atoms with van der Waals surface area (Å²) < 4.78 is 0. The number of likely N-dealkylation sites (N-methyl/N-ethyl adjacent to an activating group) is 1. The molecular formula is C19H22ClN3O2. The SMILES string of the molecule is CCN(CC(=O)Nc1ccc(C(=O)NC)cc1)Cc1ccccc1Cl. The Hall–Kier alpha value is -2.37. The van der Waals surface area contributed by atoms with Crippen LogP contribution in [-0.2, 0) is 11.3 Å². The van der Waals surface area contributed by atoms with Crippen molar-refractivity contribution in [2.75, 3.05) is 25.5 Å². The molecule has 132 valence electrons. The lowest BCUT2D eigenvalue weighted by molar-refractivity contribution is -0.117. The molecule has 2 rings (SSSR count). The van der Waals surface area contributed by atoms with E-state index < -0.39 is 0 Å². The fraction of sp³-hybridized carbons (Fsp3) is 0.263. The Labute approximate surface area is 153 Å². The Morgan fingerprint density at radius 3 is 2.36 bits per heavy atom. The lowest BCUT2D eigenvalue weighted by atomic mass is 10.2. The normalized spacial score (nSPS) is 10.6. The van der Waals surface area contributed by atoms with Crippen LogP contribution in [0.15, 0.2) is 48.5 Å². The highest BCUT2D eigenvalue weighted by molar-refractivity contribution is 6.31. The van der Waals surface area contributed by atoms with Gasteiger partial charge < -0.3 is 10.6 Å². The van der Waals surface area contributed by atoms with Crippen molar-refractivity contribution in [3.05, 3.63) is 64.7 Å². The number of carbonyl (C=O) groups is 2. The molecule has 5 nitrogen and oxygen atoms in total. The van der Waals surface area contributed by atoms with E-state index in [1.54, 1.807) is 31.3 Å². The van der Waals surface area contributed by atoms with Crippen molar-refractivity contribution in [2.24, 2.45) is 0 Å². The molecule has 2 N–H and O–H groups in total. The van der Waals surface area contributed by atoms with E-state index in [4.69, 9.17) is 11.6 Å². The van der Waals surface area contributed by atoms with Gasteiger partial charge in [-0.3, -0.25) is 14.5 Å². The van der Waals surface area contributed by atoms with Gasteiger partial charge in [0.2, 0.25) is 5.91 Å². The number of hydrogen-bond acceptors (Lipinski definition) is 3. The average Bonchev–Trinajstić information content (AvgIpc) is 2.62. The van der Waals surface area contributed by atoms with E-state index in [-0.39, 0.29) is 18.4 Å². The third kappa shape index (κ3) is 5.59. The third-order valence-corrected chi connectivity index (χ3v) is 4.19. The summed E-state index contributed by atoms with van der Waals surface area (Å²) in [5, 5.41) is 6.11. The summed E-state index contributed by atoms with van der Waals surface area (Å²) in [5.74, 6) is -0.267. The van der Waals surface area contributed by atoms with Crippen LogP contribution in [-0.4, -0.2) is 36.9 Å². The molecule has 0 spiro atoms. The molecule has 0 fully saturated rings. The van der Waals surface area contributed by atoms with Gasteiger partial charge in [0.15, 0.2) is 0 Å². The predicted octanol–water partition coefficient (Wildman–Crippen LogP) is 3.16. The Morgan fingerprint density at radius 1 is 1.08 bits per heavy atom. The number of nitrogens with zero attached hydrogens (tertiary/aromatic N) is 1. The molecule has 2 aromatic carbocycles. The molecule has 25 heavy (non-hydrogen) atoms. The van der Waals surface area contributed by atoms with Crippen LogP contribution in [0.25, 0.3) is 0 Å². The molecule has 2 aromatic rings. The Bertz CT molecular complexity index is 732. The molecule has 0 aliphatic carbocycles. The van der Waals surface area contributed by atoms with Gasteiger partial charge in [0.1, 0.15) is 0 Å². The lowest BCUT2D eigenvalue weighted by Crippen LogP contribution is -2.32. The van der Waals surface area contributed by atoms with Gasteiger partial charge in [-0.15, -0.1) is 0 Å². The molecule has 0 bridgehead atoms. The first-order chi connectivity index (χ1) is 12.0. The van der Waals surface area contributed by atoms with Crippen molar-refractivity contribution >= 4 is 29.1 Å². The number of anilines is 1. The van der Waals surface area contributed by atoms with Crippen LogP contribution in [0.5, 0.6) is 0 Å². The summed E-state index contributed by atoms with van der Waals surface area (Å²) in [7, 11) is 1.58. The van der Waals surface area contributed by atoms with Crippen LogP contribution >= 0.6 is 11.6 Å². The Kier molecular flexibility index (Phi) is 6.98. The van der Waals surface area contributed by atoms with Gasteiger partial charge in [0.05, 0.1) is 6.54 Å². The first-order valence-corrected chi connectivity index (χ1v) is 8.49. The van der Waals surface area contributed by atoms with Crippen molar-refractivity contribution < 1.29 is 9.59 Å². The Morgan fingerprint density at radius 2 is 1.76 bits per heavy atom. The maximum atomic E-state index is 12.3. The predicted molar refractivity (Wildman–Crippen MR) is 101 cm³/mol. The maximum Gasteiger partial charge on any atom is 0.251 e. The smallest absolute Gasteiger partial charge is 0.251 e. The van der Waals surface area contributed by atoms with Crippen molar-refractivity contribution in [1.29, 1.82) is 0 Å². The summed E-state index contributed by atoms with van der Waals surface area (Å²) in [4.78, 5) is 25.8. The minimum Gasteiger partial charge on any atom is -0.355 e. The summed E-state index contributed by atoms with van der Waals surface area (Å²) in [5.41, 5.74) is 2.20. The van der Waals surface area contributed by atoms with Crippen LogP contribution in [0, 0.1) is 0 Å². The third-order valence-electron chi connectivity index (χ3n) is 3.82. The minimum absolute atomic E-state index is 0.110. The summed E-state index contributed by atoms with van der Waals surface area (Å²) in [6.07, 6.45) is 0. The number of rotatable bonds is 7.